The van der Waals surface area contributed by atoms with Crippen molar-refractivity contribution in [3.63, 3.8) is 0 Å². The molecule has 2 saturated heterocycles. The summed E-state index contributed by atoms with van der Waals surface area (Å²) in [6.07, 6.45) is -0.0818. The molecule has 3 N–H and O–H groups in total. The molecule has 0 unspecified atom stereocenters. The molecule has 0 spiro atoms. The van der Waals surface area contributed by atoms with Gasteiger partial charge in [0.05, 0.1) is 10.9 Å². The standard InChI is InChI=1S/C39H54ClF2N7O8S/c1-37(2,3)56-35(52)43-16-15-33(50)44-27-9-7-25(8-10-27)39(41,42)26-21-31(40)46-32(22-26)47-17-19-48(20-18-47)58(54,55)30-13-11-29(12-14-30)49-24-28(23-34(49)51)45-36(53)57-38(4,5)6/h11-14,21-22,25,27-28H,7-10,15-20,23-24H2,1-6H3,(H,43,52)(H,44,50)(H,45,53)/t25?,27?,28-/m1/s1. The van der Waals surface area contributed by atoms with Crippen molar-refractivity contribution in [2.75, 3.05) is 49.1 Å². The van der Waals surface area contributed by atoms with Crippen LogP contribution in [0.25, 0.3) is 0 Å². The first-order valence-corrected chi connectivity index (χ1v) is 21.3. The lowest BCUT2D eigenvalue weighted by atomic mass is 9.80. The number of hydrogen-bond acceptors (Lipinski definition) is 10. The summed E-state index contributed by atoms with van der Waals surface area (Å²) in [5.41, 5.74) is -1.14. The summed E-state index contributed by atoms with van der Waals surface area (Å²) >= 11 is 6.28. The van der Waals surface area contributed by atoms with Crippen LogP contribution in [0.1, 0.15) is 85.6 Å². The maximum Gasteiger partial charge on any atom is 0.407 e. The van der Waals surface area contributed by atoms with Gasteiger partial charge in [0.15, 0.2) is 0 Å². The van der Waals surface area contributed by atoms with Crippen LogP contribution in [0.3, 0.4) is 0 Å². The van der Waals surface area contributed by atoms with Gasteiger partial charge in [-0.05, 0) is 104 Å². The first kappa shape index (κ1) is 44.8. The molecule has 19 heteroatoms. The highest BCUT2D eigenvalue weighted by atomic mass is 35.5. The molecular formula is C39H54ClF2N7O8S. The van der Waals surface area contributed by atoms with Crippen molar-refractivity contribution in [2.45, 2.75) is 114 Å². The fraction of sp³-hybridized carbons (Fsp3) is 0.615. The number of sulfonamides is 1. The number of anilines is 2. The van der Waals surface area contributed by atoms with Gasteiger partial charge in [-0.1, -0.05) is 11.6 Å². The molecule has 320 valence electrons. The monoisotopic (exact) mass is 853 g/mol. The van der Waals surface area contributed by atoms with E-state index in [1.54, 1.807) is 58.6 Å². The summed E-state index contributed by atoms with van der Waals surface area (Å²) in [7, 11) is -3.93. The lowest BCUT2D eigenvalue weighted by Gasteiger charge is -2.36. The van der Waals surface area contributed by atoms with Crippen LogP contribution < -0.4 is 25.8 Å². The van der Waals surface area contributed by atoms with Gasteiger partial charge in [0, 0.05) is 75.3 Å². The van der Waals surface area contributed by atoms with E-state index in [0.717, 1.165) is 6.07 Å². The number of alkyl carbamates (subject to hydrolysis) is 2. The van der Waals surface area contributed by atoms with Crippen LogP contribution >= 0.6 is 11.6 Å². The van der Waals surface area contributed by atoms with Gasteiger partial charge in [-0.25, -0.2) is 31.8 Å². The van der Waals surface area contributed by atoms with Crippen LogP contribution in [0.4, 0.5) is 29.9 Å². The first-order chi connectivity index (χ1) is 27.0. The van der Waals surface area contributed by atoms with Gasteiger partial charge in [0.1, 0.15) is 22.2 Å². The van der Waals surface area contributed by atoms with Gasteiger partial charge in [0.25, 0.3) is 5.92 Å². The summed E-state index contributed by atoms with van der Waals surface area (Å²) < 4.78 is 71.0. The van der Waals surface area contributed by atoms with E-state index in [1.165, 1.54) is 27.4 Å². The number of nitrogens with zero attached hydrogens (tertiary/aromatic N) is 4. The van der Waals surface area contributed by atoms with E-state index in [4.69, 9.17) is 21.1 Å². The van der Waals surface area contributed by atoms with E-state index < -0.39 is 51.3 Å². The minimum atomic E-state index is -3.93. The lowest BCUT2D eigenvalue weighted by Crippen LogP contribution is -2.49. The molecule has 3 fully saturated rings. The second-order valence-electron chi connectivity index (χ2n) is 16.9. The lowest BCUT2D eigenvalue weighted by molar-refractivity contribution is -0.122. The van der Waals surface area contributed by atoms with Gasteiger partial charge in [0.2, 0.25) is 21.8 Å². The highest BCUT2D eigenvalue weighted by Gasteiger charge is 2.44. The van der Waals surface area contributed by atoms with Crippen molar-refractivity contribution in [1.29, 1.82) is 0 Å². The highest BCUT2D eigenvalue weighted by Crippen LogP contribution is 2.45. The van der Waals surface area contributed by atoms with E-state index >= 15 is 8.78 Å². The predicted molar refractivity (Wildman–Crippen MR) is 213 cm³/mol. The van der Waals surface area contributed by atoms with E-state index in [1.807, 2.05) is 0 Å². The minimum absolute atomic E-state index is 0.0302. The number of hydrogen-bond donors (Lipinski definition) is 3. The predicted octanol–water partition coefficient (Wildman–Crippen LogP) is 5.56. The number of amides is 4. The van der Waals surface area contributed by atoms with Crippen LogP contribution in [-0.4, -0.2) is 104 Å². The summed E-state index contributed by atoms with van der Waals surface area (Å²) in [4.78, 5) is 56.7. The van der Waals surface area contributed by atoms with Crippen LogP contribution in [0.2, 0.25) is 5.15 Å². The Kier molecular flexibility index (Phi) is 13.8. The number of nitrogens with one attached hydrogen (secondary N) is 3. The molecule has 4 amide bonds. The van der Waals surface area contributed by atoms with Gasteiger partial charge in [-0.3, -0.25) is 9.59 Å². The number of pyridine rings is 1. The number of alkyl halides is 2. The SMILES string of the molecule is CC(C)(C)OC(=O)NCCC(=O)NC1CCC(C(F)(F)c2cc(Cl)nc(N3CCN(S(=O)(=O)c4ccc(N5C[C@H](NC(=O)OC(C)(C)C)CC5=O)cc4)CC3)c2)CC1. The molecular weight excluding hydrogens is 800 g/mol. The zero-order valence-electron chi connectivity index (χ0n) is 33.8. The molecule has 1 aliphatic carbocycles. The molecule has 2 aromatic rings. The third-order valence-electron chi connectivity index (χ3n) is 9.99. The molecule has 1 saturated carbocycles. The van der Waals surface area contributed by atoms with Gasteiger partial charge in [-0.15, -0.1) is 0 Å². The molecule has 0 radical (unpaired) electrons. The van der Waals surface area contributed by atoms with Gasteiger partial charge >= 0.3 is 12.2 Å². The molecule has 0 bridgehead atoms. The van der Waals surface area contributed by atoms with Crippen molar-refractivity contribution in [1.82, 2.24) is 25.2 Å². The Morgan fingerprint density at radius 2 is 1.47 bits per heavy atom. The molecule has 5 rings (SSSR count). The molecule has 3 heterocycles. The van der Waals surface area contributed by atoms with Crippen LogP contribution in [0.5, 0.6) is 0 Å². The van der Waals surface area contributed by atoms with Crippen molar-refractivity contribution in [2.24, 2.45) is 5.92 Å². The maximum absolute atomic E-state index is 16.0. The number of carbonyl (C=O) groups is 4. The molecule has 3 aliphatic rings. The topological polar surface area (TPSA) is 180 Å². The summed E-state index contributed by atoms with van der Waals surface area (Å²) in [5.74, 6) is -4.52. The molecule has 1 aromatic carbocycles. The van der Waals surface area contributed by atoms with E-state index in [-0.39, 0.29) is 104 Å². The Labute approximate surface area is 343 Å². The number of rotatable bonds is 11. The Bertz CT molecular complexity index is 1930. The van der Waals surface area contributed by atoms with E-state index in [0.29, 0.717) is 18.5 Å². The average Bonchev–Trinajstić information content (AvgIpc) is 3.49. The van der Waals surface area contributed by atoms with Crippen molar-refractivity contribution < 1.29 is 45.9 Å². The minimum Gasteiger partial charge on any atom is -0.444 e. The zero-order chi connectivity index (χ0) is 42.6. The van der Waals surface area contributed by atoms with Gasteiger partial charge < -0.3 is 35.2 Å². The number of carbonyl (C=O) groups excluding carboxylic acids is 4. The van der Waals surface area contributed by atoms with Crippen molar-refractivity contribution in [3.05, 3.63) is 47.1 Å². The number of ether oxygens (including phenoxy) is 2. The number of benzene rings is 1. The second-order valence-corrected chi connectivity index (χ2v) is 19.2. The number of halogens is 3. The summed E-state index contributed by atoms with van der Waals surface area (Å²) in [6, 6.07) is 7.70. The van der Waals surface area contributed by atoms with Crippen LogP contribution in [0, 0.1) is 5.92 Å². The molecule has 1 atom stereocenters. The Morgan fingerprint density at radius 1 is 0.862 bits per heavy atom. The average molecular weight is 854 g/mol. The zero-order valence-corrected chi connectivity index (χ0v) is 35.4. The van der Waals surface area contributed by atoms with E-state index in [2.05, 4.69) is 20.9 Å². The Hall–Kier alpha value is -4.29. The molecule has 58 heavy (non-hydrogen) atoms. The quantitative estimate of drug-likeness (QED) is 0.243. The fourth-order valence-corrected chi connectivity index (χ4v) is 8.82. The van der Waals surface area contributed by atoms with Crippen molar-refractivity contribution >= 4 is 57.1 Å². The highest BCUT2D eigenvalue weighted by molar-refractivity contribution is 7.89. The maximum atomic E-state index is 16.0. The third kappa shape index (κ3) is 11.9. The Morgan fingerprint density at radius 3 is 2.07 bits per heavy atom. The van der Waals surface area contributed by atoms with E-state index in [9.17, 15) is 27.6 Å². The van der Waals surface area contributed by atoms with Crippen LogP contribution in [0.15, 0.2) is 41.3 Å². The number of piperazine rings is 1. The Balaban J connectivity index is 1.12. The van der Waals surface area contributed by atoms with Crippen LogP contribution in [-0.2, 0) is 35.0 Å². The summed E-state index contributed by atoms with van der Waals surface area (Å²) in [6.45, 7) is 11.2. The van der Waals surface area contributed by atoms with Gasteiger partial charge in [-0.2, -0.15) is 4.31 Å². The second kappa shape index (κ2) is 17.9. The number of aromatic nitrogens is 1. The largest absolute Gasteiger partial charge is 0.444 e. The first-order valence-electron chi connectivity index (χ1n) is 19.5. The molecule has 15 nitrogen and oxygen atoms in total. The smallest absolute Gasteiger partial charge is 0.407 e. The molecule has 1 aromatic heterocycles. The summed E-state index contributed by atoms with van der Waals surface area (Å²) in [5, 5.41) is 8.00. The fourth-order valence-electron chi connectivity index (χ4n) is 7.20. The molecule has 2 aliphatic heterocycles. The third-order valence-corrected chi connectivity index (χ3v) is 12.1. The van der Waals surface area contributed by atoms with Crippen molar-refractivity contribution in [3.8, 4) is 0 Å². The normalized spacial score (nSPS) is 21.1.